The second-order valence-corrected chi connectivity index (χ2v) is 4.70. The molecule has 1 aliphatic carbocycles. The van der Waals surface area contributed by atoms with E-state index in [2.05, 4.69) is 20.9 Å². The molecule has 1 saturated carbocycles. The first-order chi connectivity index (χ1) is 6.68. The van der Waals surface area contributed by atoms with Gasteiger partial charge in [-0.05, 0) is 34.8 Å². The molecule has 1 fully saturated rings. The minimum absolute atomic E-state index is 0.00204. The molecule has 0 aliphatic heterocycles. The Bertz CT molecular complexity index is 346. The lowest BCUT2D eigenvalue weighted by molar-refractivity contribution is 0.115. The van der Waals surface area contributed by atoms with Gasteiger partial charge in [-0.3, -0.25) is 0 Å². The second kappa shape index (κ2) is 3.59. The van der Waals surface area contributed by atoms with Crippen LogP contribution in [0.1, 0.15) is 24.8 Å². The van der Waals surface area contributed by atoms with Crippen molar-refractivity contribution in [2.45, 2.75) is 24.7 Å². The third-order valence-corrected chi connectivity index (χ3v) is 3.42. The molecular weight excluding hydrogens is 249 g/mol. The van der Waals surface area contributed by atoms with Crippen LogP contribution >= 0.6 is 15.9 Å². The molecule has 14 heavy (non-hydrogen) atoms. The Kier molecular flexibility index (Phi) is 2.58. The quantitative estimate of drug-likeness (QED) is 0.828. The molecule has 2 nitrogen and oxygen atoms in total. The third kappa shape index (κ3) is 1.46. The molecule has 0 atom stereocenters. The predicted molar refractivity (Wildman–Crippen MR) is 54.5 cm³/mol. The SMILES string of the molecule is OCC1(c2cc(Br)cnc2F)CCC1. The lowest BCUT2D eigenvalue weighted by Gasteiger charge is -2.40. The summed E-state index contributed by atoms with van der Waals surface area (Å²) in [6.45, 7) is 0.00204. The number of halogens is 2. The molecule has 0 bridgehead atoms. The van der Waals surface area contributed by atoms with Gasteiger partial charge in [-0.2, -0.15) is 4.39 Å². The van der Waals surface area contributed by atoms with Crippen molar-refractivity contribution in [3.63, 3.8) is 0 Å². The minimum atomic E-state index is -0.457. The number of rotatable bonds is 2. The number of aromatic nitrogens is 1. The summed E-state index contributed by atoms with van der Waals surface area (Å²) in [5.41, 5.74) is 0.168. The van der Waals surface area contributed by atoms with Crippen molar-refractivity contribution in [2.24, 2.45) is 0 Å². The topological polar surface area (TPSA) is 33.1 Å². The van der Waals surface area contributed by atoms with Crippen molar-refractivity contribution in [3.05, 3.63) is 28.2 Å². The van der Waals surface area contributed by atoms with Crippen LogP contribution in [-0.4, -0.2) is 16.7 Å². The van der Waals surface area contributed by atoms with Crippen LogP contribution in [-0.2, 0) is 5.41 Å². The molecule has 76 valence electrons. The normalized spacial score (nSPS) is 19.1. The van der Waals surface area contributed by atoms with Crippen molar-refractivity contribution < 1.29 is 9.50 Å². The number of nitrogens with zero attached hydrogens (tertiary/aromatic N) is 1. The van der Waals surface area contributed by atoms with Crippen molar-refractivity contribution in [2.75, 3.05) is 6.61 Å². The van der Waals surface area contributed by atoms with Crippen molar-refractivity contribution in [1.29, 1.82) is 0 Å². The van der Waals surface area contributed by atoms with E-state index in [1.165, 1.54) is 6.20 Å². The van der Waals surface area contributed by atoms with Crippen molar-refractivity contribution >= 4 is 15.9 Å². The highest BCUT2D eigenvalue weighted by molar-refractivity contribution is 9.10. The molecule has 1 heterocycles. The molecule has 4 heteroatoms. The molecule has 0 saturated heterocycles. The highest BCUT2D eigenvalue weighted by Gasteiger charge is 2.40. The van der Waals surface area contributed by atoms with E-state index >= 15 is 0 Å². The largest absolute Gasteiger partial charge is 0.395 e. The Balaban J connectivity index is 2.43. The van der Waals surface area contributed by atoms with E-state index in [4.69, 9.17) is 0 Å². The van der Waals surface area contributed by atoms with E-state index in [0.29, 0.717) is 5.56 Å². The van der Waals surface area contributed by atoms with E-state index in [1.807, 2.05) is 0 Å². The molecule has 0 radical (unpaired) electrons. The van der Waals surface area contributed by atoms with Gasteiger partial charge in [0.2, 0.25) is 5.95 Å². The smallest absolute Gasteiger partial charge is 0.216 e. The number of pyridine rings is 1. The van der Waals surface area contributed by atoms with Gasteiger partial charge in [0.25, 0.3) is 0 Å². The van der Waals surface area contributed by atoms with E-state index in [-0.39, 0.29) is 12.0 Å². The fourth-order valence-corrected chi connectivity index (χ4v) is 2.24. The molecular formula is C10H11BrFNO. The standard InChI is InChI=1S/C10H11BrFNO/c11-7-4-8(9(12)13-5-7)10(6-14)2-1-3-10/h4-5,14H,1-3,6H2. The van der Waals surface area contributed by atoms with Crippen LogP contribution < -0.4 is 0 Å². The highest BCUT2D eigenvalue weighted by Crippen LogP contribution is 2.44. The van der Waals surface area contributed by atoms with Gasteiger partial charge in [0.05, 0.1) is 6.61 Å². The Morgan fingerprint density at radius 3 is 2.79 bits per heavy atom. The van der Waals surface area contributed by atoms with Gasteiger partial charge in [-0.15, -0.1) is 0 Å². The molecule has 1 aliphatic rings. The molecule has 0 aromatic carbocycles. The fourth-order valence-electron chi connectivity index (χ4n) is 1.91. The first-order valence-corrected chi connectivity index (χ1v) is 5.40. The Morgan fingerprint density at radius 2 is 2.29 bits per heavy atom. The average molecular weight is 260 g/mol. The second-order valence-electron chi connectivity index (χ2n) is 3.78. The third-order valence-electron chi connectivity index (χ3n) is 2.99. The highest BCUT2D eigenvalue weighted by atomic mass is 79.9. The van der Waals surface area contributed by atoms with Gasteiger partial charge < -0.3 is 5.11 Å². The van der Waals surface area contributed by atoms with Crippen LogP contribution in [0.5, 0.6) is 0 Å². The monoisotopic (exact) mass is 259 g/mol. The van der Waals surface area contributed by atoms with Crippen LogP contribution in [0.4, 0.5) is 4.39 Å². The van der Waals surface area contributed by atoms with Gasteiger partial charge in [0.1, 0.15) is 0 Å². The molecule has 1 aromatic rings. The molecule has 1 aromatic heterocycles. The van der Waals surface area contributed by atoms with E-state index in [1.54, 1.807) is 6.07 Å². The maximum atomic E-state index is 13.4. The van der Waals surface area contributed by atoms with Gasteiger partial charge in [0, 0.05) is 21.6 Å². The Hall–Kier alpha value is -0.480. The average Bonchev–Trinajstić information content (AvgIpc) is 2.10. The number of aliphatic hydroxyl groups excluding tert-OH is 1. The van der Waals surface area contributed by atoms with Crippen LogP contribution in [0.25, 0.3) is 0 Å². The summed E-state index contributed by atoms with van der Waals surface area (Å²) < 4.78 is 14.2. The molecule has 1 N–H and O–H groups in total. The zero-order chi connectivity index (χ0) is 10.2. The Labute approximate surface area is 90.3 Å². The molecule has 0 spiro atoms. The maximum absolute atomic E-state index is 13.4. The van der Waals surface area contributed by atoms with Gasteiger partial charge in [-0.25, -0.2) is 4.98 Å². The first kappa shape index (κ1) is 10.1. The predicted octanol–water partition coefficient (Wildman–Crippen LogP) is 2.40. The van der Waals surface area contributed by atoms with Gasteiger partial charge in [-0.1, -0.05) is 6.42 Å². The Morgan fingerprint density at radius 1 is 1.57 bits per heavy atom. The fraction of sp³-hybridized carbons (Fsp3) is 0.500. The van der Waals surface area contributed by atoms with E-state index in [9.17, 15) is 9.50 Å². The summed E-state index contributed by atoms with van der Waals surface area (Å²) in [4.78, 5) is 3.65. The van der Waals surface area contributed by atoms with Crippen LogP contribution in [0.3, 0.4) is 0 Å². The zero-order valence-electron chi connectivity index (χ0n) is 7.63. The van der Waals surface area contributed by atoms with Crippen molar-refractivity contribution in [3.8, 4) is 0 Å². The minimum Gasteiger partial charge on any atom is -0.395 e. The summed E-state index contributed by atoms with van der Waals surface area (Å²) in [6, 6.07) is 1.72. The van der Waals surface area contributed by atoms with Gasteiger partial charge in [0.15, 0.2) is 0 Å². The summed E-state index contributed by atoms with van der Waals surface area (Å²) in [6.07, 6.45) is 4.17. The lowest BCUT2D eigenvalue weighted by atomic mass is 9.65. The number of hydrogen-bond acceptors (Lipinski definition) is 2. The van der Waals surface area contributed by atoms with Gasteiger partial charge >= 0.3 is 0 Å². The molecule has 0 amide bonds. The van der Waals surface area contributed by atoms with E-state index in [0.717, 1.165) is 23.7 Å². The van der Waals surface area contributed by atoms with Crippen LogP contribution in [0.2, 0.25) is 0 Å². The first-order valence-electron chi connectivity index (χ1n) is 4.60. The summed E-state index contributed by atoms with van der Waals surface area (Å²) in [7, 11) is 0. The molecule has 0 unspecified atom stereocenters. The van der Waals surface area contributed by atoms with Crippen LogP contribution in [0, 0.1) is 5.95 Å². The number of aliphatic hydroxyl groups is 1. The van der Waals surface area contributed by atoms with Crippen LogP contribution in [0.15, 0.2) is 16.7 Å². The maximum Gasteiger partial charge on any atom is 0.216 e. The summed E-state index contributed by atoms with van der Waals surface area (Å²) >= 11 is 3.26. The molecule has 2 rings (SSSR count). The summed E-state index contributed by atoms with van der Waals surface area (Å²) in [5, 5.41) is 9.30. The van der Waals surface area contributed by atoms with Crippen molar-refractivity contribution in [1.82, 2.24) is 4.98 Å². The zero-order valence-corrected chi connectivity index (χ0v) is 9.22. The van der Waals surface area contributed by atoms with E-state index < -0.39 is 5.95 Å². The summed E-state index contributed by atoms with van der Waals surface area (Å²) in [5.74, 6) is -0.457. The number of hydrogen-bond donors (Lipinski definition) is 1. The lowest BCUT2D eigenvalue weighted by Crippen LogP contribution is -2.39.